The van der Waals surface area contributed by atoms with E-state index in [2.05, 4.69) is 30.4 Å². The molecule has 0 unspecified atom stereocenters. The molecule has 27 heavy (non-hydrogen) atoms. The predicted molar refractivity (Wildman–Crippen MR) is 99.7 cm³/mol. The van der Waals surface area contributed by atoms with Gasteiger partial charge in [0.2, 0.25) is 0 Å². The summed E-state index contributed by atoms with van der Waals surface area (Å²) < 4.78 is 1.63. The van der Waals surface area contributed by atoms with Crippen molar-refractivity contribution in [3.05, 3.63) is 73.2 Å². The Balaban J connectivity index is 1.63. The Labute approximate surface area is 155 Å². The summed E-state index contributed by atoms with van der Waals surface area (Å²) in [6, 6.07) is 10.8. The highest BCUT2D eigenvalue weighted by molar-refractivity contribution is 6.04. The molecule has 0 bridgehead atoms. The number of hydrogen-bond acceptors (Lipinski definition) is 6. The maximum Gasteiger partial charge on any atom is 0.274 e. The fourth-order valence-electron chi connectivity index (χ4n) is 2.61. The number of rotatable bonds is 4. The van der Waals surface area contributed by atoms with Crippen LogP contribution in [0.3, 0.4) is 0 Å². The first-order valence-corrected chi connectivity index (χ1v) is 8.19. The van der Waals surface area contributed by atoms with Gasteiger partial charge in [-0.3, -0.25) is 14.5 Å². The van der Waals surface area contributed by atoms with E-state index in [9.17, 15) is 4.79 Å². The zero-order valence-electron chi connectivity index (χ0n) is 14.4. The number of amides is 1. The third-order valence-corrected chi connectivity index (χ3v) is 3.82. The van der Waals surface area contributed by atoms with Crippen molar-refractivity contribution in [1.82, 2.24) is 29.7 Å². The molecule has 0 atom stereocenters. The highest BCUT2D eigenvalue weighted by atomic mass is 16.1. The lowest BCUT2D eigenvalue weighted by atomic mass is 10.2. The molecule has 0 fully saturated rings. The normalized spacial score (nSPS) is 10.6. The first kappa shape index (κ1) is 16.5. The van der Waals surface area contributed by atoms with Crippen molar-refractivity contribution in [2.45, 2.75) is 0 Å². The molecule has 0 aliphatic rings. The van der Waals surface area contributed by atoms with Gasteiger partial charge in [-0.2, -0.15) is 5.10 Å². The Bertz CT molecular complexity index is 1080. The van der Waals surface area contributed by atoms with Crippen LogP contribution < -0.4 is 5.32 Å². The quantitative estimate of drug-likeness (QED) is 0.603. The summed E-state index contributed by atoms with van der Waals surface area (Å²) >= 11 is 0. The molecule has 8 nitrogen and oxygen atoms in total. The van der Waals surface area contributed by atoms with Crippen LogP contribution in [0.15, 0.2) is 67.5 Å². The van der Waals surface area contributed by atoms with Gasteiger partial charge in [0.05, 0.1) is 17.1 Å². The van der Waals surface area contributed by atoms with Crippen LogP contribution in [-0.2, 0) is 7.05 Å². The van der Waals surface area contributed by atoms with Crippen LogP contribution in [0.1, 0.15) is 10.5 Å². The molecule has 0 aromatic carbocycles. The largest absolute Gasteiger partial charge is 0.317 e. The molecule has 1 N–H and O–H groups in total. The Hall–Kier alpha value is -3.94. The smallest absolute Gasteiger partial charge is 0.274 e. The Morgan fingerprint density at radius 3 is 2.63 bits per heavy atom. The fraction of sp³-hybridized carbons (Fsp3) is 0.0526. The number of carbonyl (C=O) groups excluding carboxylic acids is 1. The maximum atomic E-state index is 12.7. The SMILES string of the molecule is Cn1cc(NC(=O)c2cccc(-c3cncnc3)n2)c(-c2ccccn2)n1. The van der Waals surface area contributed by atoms with Gasteiger partial charge in [-0.1, -0.05) is 12.1 Å². The monoisotopic (exact) mass is 357 g/mol. The van der Waals surface area contributed by atoms with Gasteiger partial charge in [0.1, 0.15) is 17.7 Å². The number of nitrogens with one attached hydrogen (secondary N) is 1. The molecule has 0 saturated carbocycles. The number of hydrogen-bond donors (Lipinski definition) is 1. The van der Waals surface area contributed by atoms with Crippen molar-refractivity contribution in [2.24, 2.45) is 7.05 Å². The van der Waals surface area contributed by atoms with E-state index in [1.54, 1.807) is 54.7 Å². The molecule has 8 heteroatoms. The van der Waals surface area contributed by atoms with Crippen LogP contribution in [-0.4, -0.2) is 35.6 Å². The summed E-state index contributed by atoms with van der Waals surface area (Å²) in [6.07, 6.45) is 8.16. The lowest BCUT2D eigenvalue weighted by Crippen LogP contribution is -2.14. The summed E-state index contributed by atoms with van der Waals surface area (Å²) in [5.41, 5.74) is 3.49. The van der Waals surface area contributed by atoms with Crippen LogP contribution in [0.5, 0.6) is 0 Å². The topological polar surface area (TPSA) is 98.5 Å². The molecule has 1 amide bonds. The second-order valence-corrected chi connectivity index (χ2v) is 5.77. The van der Waals surface area contributed by atoms with Crippen molar-refractivity contribution in [2.75, 3.05) is 5.32 Å². The van der Waals surface area contributed by atoms with Crippen LogP contribution in [0.25, 0.3) is 22.6 Å². The molecular formula is C19H15N7O. The third-order valence-electron chi connectivity index (χ3n) is 3.82. The minimum atomic E-state index is -0.334. The second-order valence-electron chi connectivity index (χ2n) is 5.77. The standard InChI is InChI=1S/C19H15N7O/c1-26-11-17(18(25-26)15-5-2-3-8-22-15)24-19(27)16-7-4-6-14(23-16)13-9-20-12-21-10-13/h2-12H,1H3,(H,24,27). The molecule has 132 valence electrons. The Morgan fingerprint density at radius 2 is 1.85 bits per heavy atom. The van der Waals surface area contributed by atoms with Gasteiger partial charge in [0, 0.05) is 37.4 Å². The van der Waals surface area contributed by atoms with Gasteiger partial charge >= 0.3 is 0 Å². The molecule has 4 aromatic heterocycles. The fourth-order valence-corrected chi connectivity index (χ4v) is 2.61. The van der Waals surface area contributed by atoms with E-state index in [1.807, 2.05) is 18.2 Å². The second kappa shape index (κ2) is 7.12. The van der Waals surface area contributed by atoms with E-state index in [4.69, 9.17) is 0 Å². The molecule has 4 aromatic rings. The zero-order valence-corrected chi connectivity index (χ0v) is 14.4. The molecule has 0 saturated heterocycles. The van der Waals surface area contributed by atoms with Gasteiger partial charge in [-0.25, -0.2) is 15.0 Å². The van der Waals surface area contributed by atoms with Gasteiger partial charge in [-0.05, 0) is 24.3 Å². The Morgan fingerprint density at radius 1 is 1.04 bits per heavy atom. The Kier molecular flexibility index (Phi) is 4.36. The first-order chi connectivity index (χ1) is 13.2. The van der Waals surface area contributed by atoms with Crippen molar-refractivity contribution >= 4 is 11.6 Å². The van der Waals surface area contributed by atoms with Crippen LogP contribution in [0, 0.1) is 0 Å². The summed E-state index contributed by atoms with van der Waals surface area (Å²) in [7, 11) is 1.79. The summed E-state index contributed by atoms with van der Waals surface area (Å²) in [5, 5.41) is 7.26. The van der Waals surface area contributed by atoms with Crippen molar-refractivity contribution in [1.29, 1.82) is 0 Å². The van der Waals surface area contributed by atoms with Gasteiger partial charge in [-0.15, -0.1) is 0 Å². The number of aryl methyl sites for hydroxylation is 1. The number of carbonyl (C=O) groups is 1. The summed E-state index contributed by atoms with van der Waals surface area (Å²) in [5.74, 6) is -0.334. The van der Waals surface area contributed by atoms with E-state index in [-0.39, 0.29) is 11.6 Å². The van der Waals surface area contributed by atoms with Crippen molar-refractivity contribution in [3.8, 4) is 22.6 Å². The van der Waals surface area contributed by atoms with Gasteiger partial charge in [0.15, 0.2) is 0 Å². The van der Waals surface area contributed by atoms with Crippen molar-refractivity contribution in [3.63, 3.8) is 0 Å². The average molecular weight is 357 g/mol. The zero-order chi connectivity index (χ0) is 18.6. The van der Waals surface area contributed by atoms with E-state index >= 15 is 0 Å². The lowest BCUT2D eigenvalue weighted by Gasteiger charge is -2.06. The predicted octanol–water partition coefficient (Wildman–Crippen LogP) is 2.59. The van der Waals surface area contributed by atoms with Crippen LogP contribution >= 0.6 is 0 Å². The average Bonchev–Trinajstić information content (AvgIpc) is 3.09. The van der Waals surface area contributed by atoms with Gasteiger partial charge < -0.3 is 5.32 Å². The van der Waals surface area contributed by atoms with Crippen LogP contribution in [0.4, 0.5) is 5.69 Å². The summed E-state index contributed by atoms with van der Waals surface area (Å²) in [6.45, 7) is 0. The molecule has 0 aliphatic heterocycles. The minimum Gasteiger partial charge on any atom is -0.317 e. The molecule has 4 heterocycles. The minimum absolute atomic E-state index is 0.284. The molecule has 4 rings (SSSR count). The number of pyridine rings is 2. The number of nitrogens with zero attached hydrogens (tertiary/aromatic N) is 6. The molecule has 0 aliphatic carbocycles. The number of aromatic nitrogens is 6. The highest BCUT2D eigenvalue weighted by Gasteiger charge is 2.16. The molecule has 0 radical (unpaired) electrons. The first-order valence-electron chi connectivity index (χ1n) is 8.19. The maximum absolute atomic E-state index is 12.7. The van der Waals surface area contributed by atoms with E-state index < -0.39 is 0 Å². The number of anilines is 1. The molecular weight excluding hydrogens is 342 g/mol. The van der Waals surface area contributed by atoms with Gasteiger partial charge in [0.25, 0.3) is 5.91 Å². The van der Waals surface area contributed by atoms with E-state index in [0.717, 1.165) is 5.56 Å². The summed E-state index contributed by atoms with van der Waals surface area (Å²) in [4.78, 5) is 29.4. The van der Waals surface area contributed by atoms with E-state index in [1.165, 1.54) is 6.33 Å². The molecule has 0 spiro atoms. The third kappa shape index (κ3) is 3.54. The van der Waals surface area contributed by atoms with Crippen LogP contribution in [0.2, 0.25) is 0 Å². The highest BCUT2D eigenvalue weighted by Crippen LogP contribution is 2.25. The van der Waals surface area contributed by atoms with Crippen molar-refractivity contribution < 1.29 is 4.79 Å². The lowest BCUT2D eigenvalue weighted by molar-refractivity contribution is 0.102. The van der Waals surface area contributed by atoms with E-state index in [0.29, 0.717) is 22.8 Å².